The van der Waals surface area contributed by atoms with Crippen LogP contribution in [0.3, 0.4) is 0 Å². The number of hydrogen-bond donors (Lipinski definition) is 1. The molecule has 0 bridgehead atoms. The van der Waals surface area contributed by atoms with Crippen molar-refractivity contribution in [3.05, 3.63) is 48.5 Å². The number of carbonyl (C=O) groups is 1. The monoisotopic (exact) mass is 356 g/mol. The summed E-state index contributed by atoms with van der Waals surface area (Å²) < 4.78 is 16.6. The molecule has 1 fully saturated rings. The maximum absolute atomic E-state index is 12.5. The third-order valence-electron chi connectivity index (χ3n) is 4.46. The first kappa shape index (κ1) is 18.1. The van der Waals surface area contributed by atoms with Gasteiger partial charge in [0.1, 0.15) is 17.2 Å². The van der Waals surface area contributed by atoms with Gasteiger partial charge in [0.2, 0.25) is 0 Å². The van der Waals surface area contributed by atoms with E-state index in [2.05, 4.69) is 5.32 Å². The SMILES string of the molecule is COc1cc(Oc2ccccc2)ccc1NC(=O)N1CCC(OC)CC1. The van der Waals surface area contributed by atoms with Gasteiger partial charge in [-0.25, -0.2) is 4.79 Å². The van der Waals surface area contributed by atoms with Crippen LogP contribution in [-0.2, 0) is 4.74 Å². The summed E-state index contributed by atoms with van der Waals surface area (Å²) in [5.74, 6) is 1.94. The molecule has 3 rings (SSSR count). The van der Waals surface area contributed by atoms with Gasteiger partial charge in [-0.15, -0.1) is 0 Å². The number of benzene rings is 2. The van der Waals surface area contributed by atoms with E-state index >= 15 is 0 Å². The van der Waals surface area contributed by atoms with Crippen LogP contribution in [-0.4, -0.2) is 44.3 Å². The number of nitrogens with one attached hydrogen (secondary N) is 1. The van der Waals surface area contributed by atoms with Crippen LogP contribution in [0, 0.1) is 0 Å². The summed E-state index contributed by atoms with van der Waals surface area (Å²) >= 11 is 0. The predicted molar refractivity (Wildman–Crippen MR) is 100 cm³/mol. The van der Waals surface area contributed by atoms with Crippen LogP contribution < -0.4 is 14.8 Å². The molecule has 1 aliphatic rings. The maximum atomic E-state index is 12.5. The molecule has 1 aliphatic heterocycles. The van der Waals surface area contributed by atoms with Crippen molar-refractivity contribution in [2.24, 2.45) is 0 Å². The number of carbonyl (C=O) groups excluding carboxylic acids is 1. The molecule has 6 heteroatoms. The van der Waals surface area contributed by atoms with Crippen LogP contribution in [0.1, 0.15) is 12.8 Å². The van der Waals surface area contributed by atoms with Crippen LogP contribution in [0.5, 0.6) is 17.2 Å². The molecular formula is C20H24N2O4. The fraction of sp³-hybridized carbons (Fsp3) is 0.350. The third kappa shape index (κ3) is 4.46. The van der Waals surface area contributed by atoms with Gasteiger partial charge < -0.3 is 24.4 Å². The number of piperidine rings is 1. The van der Waals surface area contributed by atoms with Gasteiger partial charge >= 0.3 is 6.03 Å². The lowest BCUT2D eigenvalue weighted by atomic mass is 10.1. The molecular weight excluding hydrogens is 332 g/mol. The Morgan fingerprint density at radius 2 is 1.77 bits per heavy atom. The molecule has 0 atom stereocenters. The molecule has 138 valence electrons. The molecule has 0 radical (unpaired) electrons. The van der Waals surface area contributed by atoms with Crippen LogP contribution in [0.15, 0.2) is 48.5 Å². The van der Waals surface area contributed by atoms with Crippen molar-refractivity contribution in [3.63, 3.8) is 0 Å². The van der Waals surface area contributed by atoms with Crippen molar-refractivity contribution < 1.29 is 19.0 Å². The zero-order valence-electron chi connectivity index (χ0n) is 15.1. The van der Waals surface area contributed by atoms with Gasteiger partial charge in [-0.3, -0.25) is 0 Å². The average molecular weight is 356 g/mol. The number of anilines is 1. The number of likely N-dealkylation sites (tertiary alicyclic amines) is 1. The summed E-state index contributed by atoms with van der Waals surface area (Å²) in [5.41, 5.74) is 0.617. The van der Waals surface area contributed by atoms with E-state index in [1.807, 2.05) is 36.4 Å². The largest absolute Gasteiger partial charge is 0.494 e. The van der Waals surface area contributed by atoms with Crippen LogP contribution in [0.4, 0.5) is 10.5 Å². The minimum atomic E-state index is -0.130. The van der Waals surface area contributed by atoms with Crippen LogP contribution >= 0.6 is 0 Å². The predicted octanol–water partition coefficient (Wildman–Crippen LogP) is 4.13. The molecule has 0 spiro atoms. The first-order chi connectivity index (χ1) is 12.7. The van der Waals surface area contributed by atoms with Crippen molar-refractivity contribution in [2.75, 3.05) is 32.6 Å². The Labute approximate surface area is 153 Å². The molecule has 6 nitrogen and oxygen atoms in total. The number of ether oxygens (including phenoxy) is 3. The van der Waals surface area contributed by atoms with Crippen LogP contribution in [0.2, 0.25) is 0 Å². The topological polar surface area (TPSA) is 60.0 Å². The summed E-state index contributed by atoms with van der Waals surface area (Å²) in [6, 6.07) is 14.7. The maximum Gasteiger partial charge on any atom is 0.321 e. The van der Waals surface area contributed by atoms with Gasteiger partial charge in [0, 0.05) is 26.3 Å². The van der Waals surface area contributed by atoms with Gasteiger partial charge in [-0.05, 0) is 37.1 Å². The summed E-state index contributed by atoms with van der Waals surface area (Å²) in [6.45, 7) is 1.36. The highest BCUT2D eigenvalue weighted by Gasteiger charge is 2.23. The summed E-state index contributed by atoms with van der Waals surface area (Å²) in [7, 11) is 3.28. The minimum Gasteiger partial charge on any atom is -0.494 e. The van der Waals surface area contributed by atoms with Gasteiger partial charge in [-0.1, -0.05) is 18.2 Å². The Bertz CT molecular complexity index is 728. The lowest BCUT2D eigenvalue weighted by Gasteiger charge is -2.31. The zero-order chi connectivity index (χ0) is 18.4. The normalized spacial score (nSPS) is 14.8. The van der Waals surface area contributed by atoms with Gasteiger partial charge in [0.05, 0.1) is 18.9 Å². The number of methoxy groups -OCH3 is 2. The van der Waals surface area contributed by atoms with Crippen LogP contribution in [0.25, 0.3) is 0 Å². The number of rotatable bonds is 5. The number of hydrogen-bond acceptors (Lipinski definition) is 4. The van der Waals surface area contributed by atoms with E-state index in [4.69, 9.17) is 14.2 Å². The molecule has 0 saturated carbocycles. The van der Waals surface area contributed by atoms with Crippen molar-refractivity contribution in [2.45, 2.75) is 18.9 Å². The molecule has 0 aromatic heterocycles. The number of para-hydroxylation sites is 1. The summed E-state index contributed by atoms with van der Waals surface area (Å²) in [5, 5.41) is 2.92. The average Bonchev–Trinajstić information content (AvgIpc) is 2.70. The first-order valence-electron chi connectivity index (χ1n) is 8.69. The van der Waals surface area contributed by atoms with Gasteiger partial charge in [0.15, 0.2) is 0 Å². The van der Waals surface area contributed by atoms with Gasteiger partial charge in [-0.2, -0.15) is 0 Å². The highest BCUT2D eigenvalue weighted by Crippen LogP contribution is 2.32. The molecule has 26 heavy (non-hydrogen) atoms. The lowest BCUT2D eigenvalue weighted by Crippen LogP contribution is -2.42. The van der Waals surface area contributed by atoms with Crippen molar-refractivity contribution in [1.82, 2.24) is 4.90 Å². The van der Waals surface area contributed by atoms with E-state index < -0.39 is 0 Å². The number of amides is 2. The van der Waals surface area contributed by atoms with E-state index in [9.17, 15) is 4.79 Å². The second kappa shape index (κ2) is 8.58. The van der Waals surface area contributed by atoms with E-state index in [1.54, 1.807) is 31.3 Å². The molecule has 0 unspecified atom stereocenters. The van der Waals surface area contributed by atoms with E-state index in [-0.39, 0.29) is 12.1 Å². The van der Waals surface area contributed by atoms with E-state index in [0.717, 1.165) is 18.6 Å². The molecule has 1 saturated heterocycles. The Morgan fingerprint density at radius 1 is 1.04 bits per heavy atom. The van der Waals surface area contributed by atoms with Crippen molar-refractivity contribution >= 4 is 11.7 Å². The summed E-state index contributed by atoms with van der Waals surface area (Å²) in [4.78, 5) is 14.3. The number of urea groups is 1. The smallest absolute Gasteiger partial charge is 0.321 e. The fourth-order valence-electron chi connectivity index (χ4n) is 2.95. The molecule has 1 N–H and O–H groups in total. The van der Waals surface area contributed by atoms with E-state index in [1.165, 1.54) is 0 Å². The zero-order valence-corrected chi connectivity index (χ0v) is 15.1. The molecule has 0 aliphatic carbocycles. The Morgan fingerprint density at radius 3 is 2.42 bits per heavy atom. The standard InChI is InChI=1S/C20H24N2O4/c1-24-15-10-12-22(13-11-15)20(23)21-18-9-8-17(14-19(18)25-2)26-16-6-4-3-5-7-16/h3-9,14-15H,10-13H2,1-2H3,(H,21,23). The Hall–Kier alpha value is -2.73. The highest BCUT2D eigenvalue weighted by atomic mass is 16.5. The lowest BCUT2D eigenvalue weighted by molar-refractivity contribution is 0.0521. The summed E-state index contributed by atoms with van der Waals surface area (Å²) in [6.07, 6.45) is 1.94. The molecule has 2 aromatic rings. The van der Waals surface area contributed by atoms with Crippen molar-refractivity contribution in [1.29, 1.82) is 0 Å². The Balaban J connectivity index is 1.65. The van der Waals surface area contributed by atoms with E-state index in [0.29, 0.717) is 30.3 Å². The number of nitrogens with zero attached hydrogens (tertiary/aromatic N) is 1. The van der Waals surface area contributed by atoms with Gasteiger partial charge in [0.25, 0.3) is 0 Å². The highest BCUT2D eigenvalue weighted by molar-refractivity contribution is 5.91. The Kier molecular flexibility index (Phi) is 5.96. The molecule has 2 aromatic carbocycles. The molecule has 1 heterocycles. The van der Waals surface area contributed by atoms with Crippen molar-refractivity contribution in [3.8, 4) is 17.2 Å². The second-order valence-corrected chi connectivity index (χ2v) is 6.13. The second-order valence-electron chi connectivity index (χ2n) is 6.13. The third-order valence-corrected chi connectivity index (χ3v) is 4.46. The molecule has 2 amide bonds. The fourth-order valence-corrected chi connectivity index (χ4v) is 2.95. The quantitative estimate of drug-likeness (QED) is 0.875. The first-order valence-corrected chi connectivity index (χ1v) is 8.69. The minimum absolute atomic E-state index is 0.130.